The van der Waals surface area contributed by atoms with Gasteiger partial charge in [-0.15, -0.1) is 0 Å². The first-order valence-corrected chi connectivity index (χ1v) is 7.50. The van der Waals surface area contributed by atoms with E-state index < -0.39 is 6.09 Å². The summed E-state index contributed by atoms with van der Waals surface area (Å²) in [5.74, 6) is 0.192. The lowest BCUT2D eigenvalue weighted by Gasteiger charge is -2.35. The van der Waals surface area contributed by atoms with Crippen molar-refractivity contribution in [3.8, 4) is 0 Å². The summed E-state index contributed by atoms with van der Waals surface area (Å²) >= 11 is 0. The number of imidazole rings is 1. The molecule has 1 atom stereocenters. The van der Waals surface area contributed by atoms with Gasteiger partial charge in [-0.1, -0.05) is 19.9 Å². The molecule has 0 aromatic carbocycles. The van der Waals surface area contributed by atoms with Crippen molar-refractivity contribution in [1.82, 2.24) is 19.4 Å². The van der Waals surface area contributed by atoms with Crippen LogP contribution in [0, 0.1) is 5.92 Å². The van der Waals surface area contributed by atoms with E-state index in [-0.39, 0.29) is 12.0 Å². The predicted molar refractivity (Wildman–Crippen MR) is 81.6 cm³/mol. The summed E-state index contributed by atoms with van der Waals surface area (Å²) in [6, 6.07) is 3.78. The van der Waals surface area contributed by atoms with Crippen molar-refractivity contribution in [2.24, 2.45) is 5.92 Å². The summed E-state index contributed by atoms with van der Waals surface area (Å²) in [4.78, 5) is 21.6. The molecule has 1 aliphatic heterocycles. The van der Waals surface area contributed by atoms with Gasteiger partial charge in [0.05, 0.1) is 24.6 Å². The first kappa shape index (κ1) is 14.6. The Hall–Kier alpha value is -2.37. The third-order valence-corrected chi connectivity index (χ3v) is 4.14. The molecule has 0 aliphatic carbocycles. The number of aromatic nitrogens is 3. The maximum Gasteiger partial charge on any atom is 0.407 e. The summed E-state index contributed by atoms with van der Waals surface area (Å²) in [6.45, 7) is 5.31. The Morgan fingerprint density at radius 3 is 2.95 bits per heavy atom. The van der Waals surface area contributed by atoms with E-state index in [4.69, 9.17) is 0 Å². The van der Waals surface area contributed by atoms with Gasteiger partial charge in [-0.05, 0) is 17.5 Å². The highest BCUT2D eigenvalue weighted by Crippen LogP contribution is 2.34. The topological polar surface area (TPSA) is 71.2 Å². The molecule has 3 heterocycles. The second-order valence-electron chi connectivity index (χ2n) is 5.98. The van der Waals surface area contributed by atoms with Gasteiger partial charge in [0.25, 0.3) is 0 Å². The maximum atomic E-state index is 11.5. The Balaban J connectivity index is 1.93. The molecule has 0 fully saturated rings. The molecule has 1 aliphatic rings. The van der Waals surface area contributed by atoms with E-state index in [1.165, 1.54) is 4.90 Å². The summed E-state index contributed by atoms with van der Waals surface area (Å²) in [5, 5.41) is 9.41. The molecule has 116 valence electrons. The van der Waals surface area contributed by atoms with Crippen LogP contribution in [0.5, 0.6) is 0 Å². The van der Waals surface area contributed by atoms with Gasteiger partial charge in [-0.2, -0.15) is 0 Å². The van der Waals surface area contributed by atoms with E-state index in [9.17, 15) is 9.90 Å². The van der Waals surface area contributed by atoms with Crippen molar-refractivity contribution in [3.63, 3.8) is 0 Å². The first-order chi connectivity index (χ1) is 10.6. The van der Waals surface area contributed by atoms with E-state index in [2.05, 4.69) is 14.5 Å². The highest BCUT2D eigenvalue weighted by Gasteiger charge is 2.35. The standard InChI is InChI=1S/C16H20N4O2/c1-11(2)15-14-13(5-7-20(15)16(21)22)19(10-18-14)9-12-4-3-6-17-8-12/h3-4,6,8,10-11,15H,5,7,9H2,1-2H3,(H,21,22). The van der Waals surface area contributed by atoms with Crippen LogP contribution in [0.2, 0.25) is 0 Å². The molecule has 0 saturated heterocycles. The van der Waals surface area contributed by atoms with Gasteiger partial charge in [0.2, 0.25) is 0 Å². The van der Waals surface area contributed by atoms with E-state index in [1.54, 1.807) is 6.20 Å². The molecule has 0 radical (unpaired) electrons. The quantitative estimate of drug-likeness (QED) is 0.945. The Morgan fingerprint density at radius 1 is 1.50 bits per heavy atom. The molecule has 1 amide bonds. The van der Waals surface area contributed by atoms with Gasteiger partial charge in [-0.25, -0.2) is 9.78 Å². The average Bonchev–Trinajstić information content (AvgIpc) is 2.90. The average molecular weight is 300 g/mol. The van der Waals surface area contributed by atoms with Crippen LogP contribution in [-0.2, 0) is 13.0 Å². The van der Waals surface area contributed by atoms with Crippen LogP contribution in [0.25, 0.3) is 0 Å². The fraction of sp³-hybridized carbons (Fsp3) is 0.438. The summed E-state index contributed by atoms with van der Waals surface area (Å²) < 4.78 is 2.11. The van der Waals surface area contributed by atoms with Crippen molar-refractivity contribution < 1.29 is 9.90 Å². The largest absolute Gasteiger partial charge is 0.465 e. The number of rotatable bonds is 3. The lowest BCUT2D eigenvalue weighted by Crippen LogP contribution is -2.42. The van der Waals surface area contributed by atoms with Crippen LogP contribution in [-0.4, -0.2) is 37.2 Å². The number of hydrogen-bond donors (Lipinski definition) is 1. The fourth-order valence-electron chi connectivity index (χ4n) is 3.17. The molecule has 0 saturated carbocycles. The van der Waals surface area contributed by atoms with Crippen LogP contribution < -0.4 is 0 Å². The van der Waals surface area contributed by atoms with Crippen LogP contribution >= 0.6 is 0 Å². The van der Waals surface area contributed by atoms with Crippen molar-refractivity contribution >= 4 is 6.09 Å². The number of carbonyl (C=O) groups is 1. The maximum absolute atomic E-state index is 11.5. The van der Waals surface area contributed by atoms with Gasteiger partial charge in [0.15, 0.2) is 0 Å². The van der Waals surface area contributed by atoms with Crippen LogP contribution in [0.4, 0.5) is 4.79 Å². The third-order valence-electron chi connectivity index (χ3n) is 4.14. The van der Waals surface area contributed by atoms with Gasteiger partial charge in [0.1, 0.15) is 0 Å². The van der Waals surface area contributed by atoms with Crippen LogP contribution in [0.1, 0.15) is 36.8 Å². The van der Waals surface area contributed by atoms with Gasteiger partial charge < -0.3 is 9.67 Å². The zero-order valence-corrected chi connectivity index (χ0v) is 12.8. The normalized spacial score (nSPS) is 17.6. The van der Waals surface area contributed by atoms with Crippen LogP contribution in [0.15, 0.2) is 30.9 Å². The molecule has 0 bridgehead atoms. The molecule has 6 nitrogen and oxygen atoms in total. The van der Waals surface area contributed by atoms with Gasteiger partial charge >= 0.3 is 6.09 Å². The Morgan fingerprint density at radius 2 is 2.32 bits per heavy atom. The van der Waals surface area contributed by atoms with Crippen LogP contribution in [0.3, 0.4) is 0 Å². The summed E-state index contributed by atoms with van der Waals surface area (Å²) in [5.41, 5.74) is 3.15. The minimum atomic E-state index is -0.869. The molecule has 1 N–H and O–H groups in total. The van der Waals surface area contributed by atoms with Crippen molar-refractivity contribution in [2.75, 3.05) is 6.54 Å². The SMILES string of the molecule is CC(C)C1c2ncn(Cc3cccnc3)c2CCN1C(=O)O. The van der Waals surface area contributed by atoms with Gasteiger partial charge in [-0.3, -0.25) is 9.88 Å². The molecular formula is C16H20N4O2. The lowest BCUT2D eigenvalue weighted by atomic mass is 9.93. The Kier molecular flexibility index (Phi) is 3.83. The Bertz CT molecular complexity index is 666. The molecule has 2 aromatic rings. The third kappa shape index (κ3) is 2.56. The number of fused-ring (bicyclic) bond motifs is 1. The summed E-state index contributed by atoms with van der Waals surface area (Å²) in [6.07, 6.45) is 5.25. The zero-order valence-electron chi connectivity index (χ0n) is 12.8. The molecule has 6 heteroatoms. The second-order valence-corrected chi connectivity index (χ2v) is 5.98. The summed E-state index contributed by atoms with van der Waals surface area (Å²) in [7, 11) is 0. The number of amides is 1. The first-order valence-electron chi connectivity index (χ1n) is 7.50. The molecule has 22 heavy (non-hydrogen) atoms. The van der Waals surface area contributed by atoms with Gasteiger partial charge in [0, 0.05) is 31.1 Å². The monoisotopic (exact) mass is 300 g/mol. The number of hydrogen-bond acceptors (Lipinski definition) is 3. The van der Waals surface area contributed by atoms with E-state index in [0.29, 0.717) is 19.5 Å². The van der Waals surface area contributed by atoms with Crippen molar-refractivity contribution in [2.45, 2.75) is 32.9 Å². The highest BCUT2D eigenvalue weighted by atomic mass is 16.4. The molecule has 2 aromatic heterocycles. The minimum absolute atomic E-state index is 0.170. The molecular weight excluding hydrogens is 280 g/mol. The zero-order chi connectivity index (χ0) is 15.7. The molecule has 1 unspecified atom stereocenters. The number of pyridine rings is 1. The van der Waals surface area contributed by atoms with E-state index in [1.807, 2.05) is 38.5 Å². The number of carboxylic acid groups (broad SMARTS) is 1. The fourth-order valence-corrected chi connectivity index (χ4v) is 3.17. The minimum Gasteiger partial charge on any atom is -0.465 e. The number of nitrogens with zero attached hydrogens (tertiary/aromatic N) is 4. The van der Waals surface area contributed by atoms with Crippen molar-refractivity contribution in [3.05, 3.63) is 47.8 Å². The molecule has 3 rings (SSSR count). The lowest BCUT2D eigenvalue weighted by molar-refractivity contribution is 0.102. The van der Waals surface area contributed by atoms with E-state index in [0.717, 1.165) is 17.0 Å². The predicted octanol–water partition coefficient (Wildman–Crippen LogP) is 2.56. The molecule has 0 spiro atoms. The highest BCUT2D eigenvalue weighted by molar-refractivity contribution is 5.66. The van der Waals surface area contributed by atoms with E-state index >= 15 is 0 Å². The Labute approximate surface area is 129 Å². The van der Waals surface area contributed by atoms with Crippen molar-refractivity contribution in [1.29, 1.82) is 0 Å². The smallest absolute Gasteiger partial charge is 0.407 e. The second kappa shape index (κ2) is 5.79.